The number of imidazole rings is 1. The summed E-state index contributed by atoms with van der Waals surface area (Å²) in [5.74, 6) is 1.10. The summed E-state index contributed by atoms with van der Waals surface area (Å²) in [5, 5.41) is 6.49. The van der Waals surface area contributed by atoms with Gasteiger partial charge in [-0.15, -0.1) is 0 Å². The van der Waals surface area contributed by atoms with E-state index < -0.39 is 11.0 Å². The van der Waals surface area contributed by atoms with Crippen LogP contribution in [0.1, 0.15) is 37.0 Å². The minimum Gasteiger partial charge on any atom is -0.367 e. The topological polar surface area (TPSA) is 93.3 Å². The number of amides is 1. The predicted molar refractivity (Wildman–Crippen MR) is 154 cm³/mol. The fraction of sp³-hybridized carbons (Fsp3) is 0.233. The van der Waals surface area contributed by atoms with E-state index in [2.05, 4.69) is 24.5 Å². The van der Waals surface area contributed by atoms with Crippen molar-refractivity contribution >= 4 is 28.4 Å². The Morgan fingerprint density at radius 1 is 1.03 bits per heavy atom. The molecule has 0 spiro atoms. The van der Waals surface area contributed by atoms with Crippen LogP contribution in [0.3, 0.4) is 0 Å². The highest BCUT2D eigenvalue weighted by atomic mass is 32.2. The van der Waals surface area contributed by atoms with E-state index in [0.717, 1.165) is 47.5 Å². The maximum absolute atomic E-state index is 12.8. The highest BCUT2D eigenvalue weighted by Gasteiger charge is 2.24. The first-order chi connectivity index (χ1) is 19.0. The average molecular weight is 539 g/mol. The van der Waals surface area contributed by atoms with E-state index in [9.17, 15) is 9.00 Å². The van der Waals surface area contributed by atoms with E-state index in [1.807, 2.05) is 77.5 Å². The van der Waals surface area contributed by atoms with Crippen LogP contribution in [-0.2, 0) is 11.0 Å². The third-order valence-electron chi connectivity index (χ3n) is 6.65. The fourth-order valence-corrected chi connectivity index (χ4v) is 5.32. The van der Waals surface area contributed by atoms with Crippen LogP contribution in [0, 0.1) is 5.92 Å². The van der Waals surface area contributed by atoms with Crippen LogP contribution in [0.15, 0.2) is 90.3 Å². The van der Waals surface area contributed by atoms with Crippen molar-refractivity contribution in [1.82, 2.24) is 23.7 Å². The molecule has 1 saturated carbocycles. The molecule has 0 radical (unpaired) electrons. The van der Waals surface area contributed by atoms with Gasteiger partial charge in [0, 0.05) is 47.9 Å². The SMILES string of the molecule is CC(C)CNc1nc(-c2ccc(S(=O)n3cccc3)cc2)cn2c(-c3ccc(C(=O)NC4CC4)cc3)cnc12. The number of rotatable bonds is 9. The molecule has 0 aliphatic heterocycles. The molecule has 2 aromatic carbocycles. The lowest BCUT2D eigenvalue weighted by Crippen LogP contribution is -2.25. The molecule has 3 heterocycles. The summed E-state index contributed by atoms with van der Waals surface area (Å²) < 4.78 is 16.5. The van der Waals surface area contributed by atoms with E-state index >= 15 is 0 Å². The van der Waals surface area contributed by atoms with Crippen molar-refractivity contribution in [2.24, 2.45) is 5.92 Å². The second kappa shape index (κ2) is 10.5. The second-order valence-electron chi connectivity index (χ2n) is 10.2. The fourth-order valence-electron chi connectivity index (χ4n) is 4.34. The molecule has 8 nitrogen and oxygen atoms in total. The highest BCUT2D eigenvalue weighted by molar-refractivity contribution is 7.83. The number of carbonyl (C=O) groups excluding carboxylic acids is 1. The molecule has 198 valence electrons. The number of aromatic nitrogens is 4. The van der Waals surface area contributed by atoms with E-state index in [1.54, 1.807) is 16.4 Å². The summed E-state index contributed by atoms with van der Waals surface area (Å²) >= 11 is 0. The molecular weight excluding hydrogens is 508 g/mol. The summed E-state index contributed by atoms with van der Waals surface area (Å²) in [6.07, 6.45) is 9.51. The van der Waals surface area contributed by atoms with Gasteiger partial charge in [0.1, 0.15) is 0 Å². The van der Waals surface area contributed by atoms with Crippen molar-refractivity contribution in [2.45, 2.75) is 37.6 Å². The lowest BCUT2D eigenvalue weighted by atomic mass is 10.1. The van der Waals surface area contributed by atoms with Gasteiger partial charge in [-0.3, -0.25) is 13.2 Å². The summed E-state index contributed by atoms with van der Waals surface area (Å²) in [7, 11) is -1.30. The molecule has 1 amide bonds. The Kier molecular flexibility index (Phi) is 6.74. The Morgan fingerprint density at radius 3 is 2.38 bits per heavy atom. The van der Waals surface area contributed by atoms with Crippen LogP contribution >= 0.6 is 0 Å². The van der Waals surface area contributed by atoms with Crippen LogP contribution in [0.5, 0.6) is 0 Å². The van der Waals surface area contributed by atoms with Crippen molar-refractivity contribution in [1.29, 1.82) is 0 Å². The van der Waals surface area contributed by atoms with Crippen LogP contribution in [0.2, 0.25) is 0 Å². The Bertz CT molecular complexity index is 1640. The van der Waals surface area contributed by atoms with Gasteiger partial charge in [-0.1, -0.05) is 38.1 Å². The van der Waals surface area contributed by atoms with Gasteiger partial charge in [-0.25, -0.2) is 14.2 Å². The molecule has 9 heteroatoms. The smallest absolute Gasteiger partial charge is 0.251 e. The number of benzene rings is 2. The molecule has 2 N–H and O–H groups in total. The maximum Gasteiger partial charge on any atom is 0.251 e. The summed E-state index contributed by atoms with van der Waals surface area (Å²) in [5.41, 5.74) is 4.92. The second-order valence-corrected chi connectivity index (χ2v) is 11.6. The number of nitrogens with zero attached hydrogens (tertiary/aromatic N) is 4. The molecule has 1 unspecified atom stereocenters. The first-order valence-corrected chi connectivity index (χ1v) is 14.3. The van der Waals surface area contributed by atoms with Crippen LogP contribution in [-0.4, -0.2) is 41.0 Å². The van der Waals surface area contributed by atoms with Crippen molar-refractivity contribution in [3.8, 4) is 22.5 Å². The standard InChI is InChI=1S/C30H30N6O2S/c1-20(2)17-31-28-29-32-18-27(22-5-7-23(8-6-22)30(37)33-24-11-12-24)36(29)19-26(34-28)21-9-13-25(14-10-21)39(38)35-15-3-4-16-35/h3-10,13-16,18-20,24H,11-12,17H2,1-2H3,(H,31,34)(H,33,37). The zero-order valence-electron chi connectivity index (χ0n) is 21.9. The van der Waals surface area contributed by atoms with Crippen LogP contribution < -0.4 is 10.6 Å². The molecule has 3 aromatic heterocycles. The lowest BCUT2D eigenvalue weighted by molar-refractivity contribution is 0.0951. The third kappa shape index (κ3) is 5.35. The zero-order chi connectivity index (χ0) is 26.9. The largest absolute Gasteiger partial charge is 0.367 e. The molecular formula is C30H30N6O2S. The Hall–Kier alpha value is -4.24. The third-order valence-corrected chi connectivity index (χ3v) is 7.95. The number of hydrogen-bond donors (Lipinski definition) is 2. The molecule has 39 heavy (non-hydrogen) atoms. The van der Waals surface area contributed by atoms with Gasteiger partial charge in [-0.2, -0.15) is 0 Å². The van der Waals surface area contributed by atoms with E-state index in [1.165, 1.54) is 0 Å². The van der Waals surface area contributed by atoms with Gasteiger partial charge in [0.25, 0.3) is 5.91 Å². The lowest BCUT2D eigenvalue weighted by Gasteiger charge is -2.13. The maximum atomic E-state index is 12.8. The average Bonchev–Trinajstić information content (AvgIpc) is 3.41. The minimum absolute atomic E-state index is 0.0324. The highest BCUT2D eigenvalue weighted by Crippen LogP contribution is 2.29. The first-order valence-electron chi connectivity index (χ1n) is 13.2. The number of anilines is 1. The van der Waals surface area contributed by atoms with Gasteiger partial charge in [0.05, 0.1) is 22.5 Å². The summed E-state index contributed by atoms with van der Waals surface area (Å²) in [4.78, 5) is 22.8. The molecule has 0 saturated heterocycles. The molecule has 1 aliphatic rings. The Balaban J connectivity index is 1.36. The van der Waals surface area contributed by atoms with Gasteiger partial charge in [-0.05, 0) is 55.2 Å². The van der Waals surface area contributed by atoms with E-state index in [-0.39, 0.29) is 5.91 Å². The summed E-state index contributed by atoms with van der Waals surface area (Å²) in [6, 6.07) is 19.3. The first kappa shape index (κ1) is 25.1. The Labute approximate surface area is 229 Å². The molecule has 1 fully saturated rings. The predicted octanol–water partition coefficient (Wildman–Crippen LogP) is 5.40. The van der Waals surface area contributed by atoms with Gasteiger partial charge >= 0.3 is 0 Å². The minimum atomic E-state index is -1.30. The van der Waals surface area contributed by atoms with Crippen molar-refractivity contribution in [2.75, 3.05) is 11.9 Å². The molecule has 1 aliphatic carbocycles. The number of fused-ring (bicyclic) bond motifs is 1. The molecule has 0 bridgehead atoms. The van der Waals surface area contributed by atoms with Gasteiger partial charge in [0.15, 0.2) is 22.5 Å². The number of carbonyl (C=O) groups is 1. The van der Waals surface area contributed by atoms with Crippen molar-refractivity contribution < 1.29 is 9.00 Å². The van der Waals surface area contributed by atoms with E-state index in [4.69, 9.17) is 9.97 Å². The van der Waals surface area contributed by atoms with Crippen LogP contribution in [0.25, 0.3) is 28.2 Å². The number of nitrogens with one attached hydrogen (secondary N) is 2. The number of hydrogen-bond acceptors (Lipinski definition) is 5. The molecule has 1 atom stereocenters. The van der Waals surface area contributed by atoms with E-state index in [0.29, 0.717) is 28.2 Å². The Morgan fingerprint density at radius 2 is 1.72 bits per heavy atom. The monoisotopic (exact) mass is 538 g/mol. The molecule has 5 aromatic rings. The zero-order valence-corrected chi connectivity index (χ0v) is 22.7. The quantitative estimate of drug-likeness (QED) is 0.262. The summed E-state index contributed by atoms with van der Waals surface area (Å²) in [6.45, 7) is 5.05. The van der Waals surface area contributed by atoms with Gasteiger partial charge < -0.3 is 10.6 Å². The van der Waals surface area contributed by atoms with Crippen LogP contribution in [0.4, 0.5) is 5.82 Å². The van der Waals surface area contributed by atoms with Gasteiger partial charge in [0.2, 0.25) is 0 Å². The van der Waals surface area contributed by atoms with Crippen molar-refractivity contribution in [3.63, 3.8) is 0 Å². The normalized spacial score (nSPS) is 14.0. The van der Waals surface area contributed by atoms with Crippen molar-refractivity contribution in [3.05, 3.63) is 91.0 Å². The molecule has 6 rings (SSSR count).